The molecule has 0 saturated heterocycles. The Balaban J connectivity index is 1.89. The van der Waals surface area contributed by atoms with E-state index in [0.29, 0.717) is 4.88 Å². The molecule has 19 heavy (non-hydrogen) atoms. The number of ether oxygens (including phenoxy) is 1. The lowest BCUT2D eigenvalue weighted by Gasteiger charge is -2.06. The number of thiazole rings is 1. The molecule has 1 aromatic heterocycles. The van der Waals surface area contributed by atoms with Crippen LogP contribution < -0.4 is 10.1 Å². The summed E-state index contributed by atoms with van der Waals surface area (Å²) in [5.41, 5.74) is 1.21. The van der Waals surface area contributed by atoms with E-state index in [2.05, 4.69) is 32.3 Å². The number of aromatic nitrogens is 1. The van der Waals surface area contributed by atoms with Crippen LogP contribution in [0, 0.1) is 11.3 Å². The van der Waals surface area contributed by atoms with Crippen LogP contribution in [0.15, 0.2) is 28.9 Å². The molecular weight excluding hydrogens is 326 g/mol. The first-order chi connectivity index (χ1) is 9.22. The van der Waals surface area contributed by atoms with E-state index in [1.165, 1.54) is 16.9 Å². The third-order valence-electron chi connectivity index (χ3n) is 2.52. The van der Waals surface area contributed by atoms with Crippen LogP contribution in [0.1, 0.15) is 10.4 Å². The summed E-state index contributed by atoms with van der Waals surface area (Å²) in [5, 5.41) is 12.7. The minimum atomic E-state index is 0.620. The molecule has 1 heterocycles. The Morgan fingerprint density at radius 1 is 1.53 bits per heavy atom. The molecule has 0 aliphatic heterocycles. The molecule has 0 amide bonds. The highest BCUT2D eigenvalue weighted by molar-refractivity contribution is 9.10. The molecule has 2 rings (SSSR count). The number of hydrogen-bond acceptors (Lipinski definition) is 5. The number of anilines is 1. The number of rotatable bonds is 5. The number of methoxy groups -OCH3 is 1. The summed E-state index contributed by atoms with van der Waals surface area (Å²) in [6.45, 7) is 0.775. The summed E-state index contributed by atoms with van der Waals surface area (Å²) in [6.07, 6.45) is 2.46. The second-order valence-corrected chi connectivity index (χ2v) is 5.67. The molecule has 1 aromatic carbocycles. The Kier molecular flexibility index (Phi) is 4.77. The van der Waals surface area contributed by atoms with Crippen molar-refractivity contribution >= 4 is 32.4 Å². The zero-order chi connectivity index (χ0) is 13.7. The smallest absolute Gasteiger partial charge is 0.183 e. The van der Waals surface area contributed by atoms with Gasteiger partial charge in [0.15, 0.2) is 5.13 Å². The standard InChI is InChI=1S/C13H12BrN3OS/c1-18-12-3-2-9(6-11(12)14)4-5-16-13-17-8-10(7-15)19-13/h2-3,6,8H,4-5H2,1H3,(H,16,17). The number of hydrogen-bond donors (Lipinski definition) is 1. The summed E-state index contributed by atoms with van der Waals surface area (Å²) in [5.74, 6) is 0.829. The molecule has 2 aromatic rings. The van der Waals surface area contributed by atoms with Crippen LogP contribution in [-0.2, 0) is 6.42 Å². The summed E-state index contributed by atoms with van der Waals surface area (Å²) < 4.78 is 6.14. The lowest BCUT2D eigenvalue weighted by Crippen LogP contribution is -2.04. The Bertz CT molecular complexity index is 606. The van der Waals surface area contributed by atoms with Gasteiger partial charge in [0.1, 0.15) is 16.7 Å². The fraction of sp³-hybridized carbons (Fsp3) is 0.231. The first-order valence-corrected chi connectivity index (χ1v) is 7.26. The third kappa shape index (κ3) is 3.69. The van der Waals surface area contributed by atoms with Crippen LogP contribution in [-0.4, -0.2) is 18.6 Å². The van der Waals surface area contributed by atoms with Gasteiger partial charge in [-0.3, -0.25) is 0 Å². The number of benzene rings is 1. The molecule has 4 nitrogen and oxygen atoms in total. The molecule has 0 bridgehead atoms. The average Bonchev–Trinajstić information content (AvgIpc) is 2.87. The van der Waals surface area contributed by atoms with Gasteiger partial charge in [0.2, 0.25) is 0 Å². The molecule has 0 saturated carbocycles. The average molecular weight is 338 g/mol. The predicted molar refractivity (Wildman–Crippen MR) is 79.7 cm³/mol. The van der Waals surface area contributed by atoms with Crippen molar-refractivity contribution in [3.8, 4) is 11.8 Å². The zero-order valence-electron chi connectivity index (χ0n) is 10.3. The molecular formula is C13H12BrN3OS. The lowest BCUT2D eigenvalue weighted by molar-refractivity contribution is 0.412. The second-order valence-electron chi connectivity index (χ2n) is 3.79. The van der Waals surface area contributed by atoms with Crippen molar-refractivity contribution in [2.24, 2.45) is 0 Å². The highest BCUT2D eigenvalue weighted by atomic mass is 79.9. The van der Waals surface area contributed by atoms with Crippen molar-refractivity contribution in [1.82, 2.24) is 4.98 Å². The minimum absolute atomic E-state index is 0.620. The summed E-state index contributed by atoms with van der Waals surface area (Å²) in [6, 6.07) is 8.09. The largest absolute Gasteiger partial charge is 0.496 e. The normalized spacial score (nSPS) is 9.95. The second kappa shape index (κ2) is 6.55. The van der Waals surface area contributed by atoms with Crippen LogP contribution in [0.4, 0.5) is 5.13 Å². The quantitative estimate of drug-likeness (QED) is 0.907. The maximum absolute atomic E-state index is 8.71. The van der Waals surface area contributed by atoms with Crippen molar-refractivity contribution in [3.05, 3.63) is 39.3 Å². The Morgan fingerprint density at radius 3 is 3.00 bits per heavy atom. The molecule has 0 aliphatic carbocycles. The van der Waals surface area contributed by atoms with Crippen molar-refractivity contribution < 1.29 is 4.74 Å². The molecule has 0 fully saturated rings. The van der Waals surface area contributed by atoms with Crippen LogP contribution in [0.3, 0.4) is 0 Å². The van der Waals surface area contributed by atoms with Gasteiger partial charge < -0.3 is 10.1 Å². The van der Waals surface area contributed by atoms with Gasteiger partial charge in [-0.25, -0.2) is 4.98 Å². The molecule has 0 aliphatic rings. The van der Waals surface area contributed by atoms with E-state index in [1.54, 1.807) is 13.3 Å². The number of nitrogens with one attached hydrogen (secondary N) is 1. The molecule has 1 N–H and O–H groups in total. The van der Waals surface area contributed by atoms with Crippen molar-refractivity contribution in [2.75, 3.05) is 19.0 Å². The monoisotopic (exact) mass is 337 g/mol. The van der Waals surface area contributed by atoms with E-state index < -0.39 is 0 Å². The van der Waals surface area contributed by atoms with Gasteiger partial charge in [0.05, 0.1) is 17.8 Å². The van der Waals surface area contributed by atoms with Gasteiger partial charge in [-0.1, -0.05) is 17.4 Å². The van der Waals surface area contributed by atoms with Gasteiger partial charge in [-0.15, -0.1) is 0 Å². The van der Waals surface area contributed by atoms with Crippen LogP contribution in [0.5, 0.6) is 5.75 Å². The molecule has 98 valence electrons. The minimum Gasteiger partial charge on any atom is -0.496 e. The molecule has 0 atom stereocenters. The highest BCUT2D eigenvalue weighted by Gasteiger charge is 2.03. The Morgan fingerprint density at radius 2 is 2.37 bits per heavy atom. The van der Waals surface area contributed by atoms with E-state index >= 15 is 0 Å². The molecule has 0 spiro atoms. The number of nitriles is 1. The van der Waals surface area contributed by atoms with E-state index in [-0.39, 0.29) is 0 Å². The van der Waals surface area contributed by atoms with E-state index in [0.717, 1.165) is 28.3 Å². The Hall–Kier alpha value is -1.58. The Labute approximate surface area is 124 Å². The fourth-order valence-electron chi connectivity index (χ4n) is 1.59. The van der Waals surface area contributed by atoms with Gasteiger partial charge in [-0.2, -0.15) is 5.26 Å². The summed E-state index contributed by atoms with van der Waals surface area (Å²) >= 11 is 4.83. The van der Waals surface area contributed by atoms with E-state index in [1.807, 2.05) is 18.2 Å². The van der Waals surface area contributed by atoms with E-state index in [4.69, 9.17) is 10.00 Å². The van der Waals surface area contributed by atoms with Gasteiger partial charge >= 0.3 is 0 Å². The van der Waals surface area contributed by atoms with Crippen molar-refractivity contribution in [2.45, 2.75) is 6.42 Å². The van der Waals surface area contributed by atoms with Gasteiger partial charge in [0.25, 0.3) is 0 Å². The fourth-order valence-corrected chi connectivity index (χ4v) is 2.81. The van der Waals surface area contributed by atoms with Crippen molar-refractivity contribution in [1.29, 1.82) is 5.26 Å². The number of halogens is 1. The third-order valence-corrected chi connectivity index (χ3v) is 4.00. The predicted octanol–water partition coefficient (Wildman–Crippen LogP) is 3.44. The molecule has 0 radical (unpaired) electrons. The highest BCUT2D eigenvalue weighted by Crippen LogP contribution is 2.25. The first-order valence-electron chi connectivity index (χ1n) is 5.65. The SMILES string of the molecule is COc1ccc(CCNc2ncc(C#N)s2)cc1Br. The molecule has 6 heteroatoms. The summed E-state index contributed by atoms with van der Waals surface area (Å²) in [4.78, 5) is 4.74. The maximum Gasteiger partial charge on any atom is 0.183 e. The lowest BCUT2D eigenvalue weighted by atomic mass is 10.1. The zero-order valence-corrected chi connectivity index (χ0v) is 12.7. The van der Waals surface area contributed by atoms with Gasteiger partial charge in [-0.05, 0) is 40.0 Å². The van der Waals surface area contributed by atoms with Crippen molar-refractivity contribution in [3.63, 3.8) is 0 Å². The van der Waals surface area contributed by atoms with Gasteiger partial charge in [0, 0.05) is 6.54 Å². The molecule has 0 unspecified atom stereocenters. The van der Waals surface area contributed by atoms with Crippen LogP contribution >= 0.6 is 27.3 Å². The van der Waals surface area contributed by atoms with E-state index in [9.17, 15) is 0 Å². The van der Waals surface area contributed by atoms with Crippen LogP contribution in [0.2, 0.25) is 0 Å². The first kappa shape index (κ1) is 13.8. The van der Waals surface area contributed by atoms with Crippen LogP contribution in [0.25, 0.3) is 0 Å². The topological polar surface area (TPSA) is 57.9 Å². The maximum atomic E-state index is 8.71. The number of nitrogens with zero attached hydrogens (tertiary/aromatic N) is 2. The summed E-state index contributed by atoms with van der Waals surface area (Å²) in [7, 11) is 1.65.